The molecule has 0 atom stereocenters. The fourth-order valence-corrected chi connectivity index (χ4v) is 2.04. The average Bonchev–Trinajstić information content (AvgIpc) is 2.39. The molecular weight excluding hydrogens is 302 g/mol. The van der Waals surface area contributed by atoms with Crippen LogP contribution in [0.4, 0.5) is 20.2 Å². The van der Waals surface area contributed by atoms with Crippen LogP contribution >= 0.6 is 23.8 Å². The molecule has 104 valence electrons. The molecule has 0 aromatic heterocycles. The van der Waals surface area contributed by atoms with Gasteiger partial charge >= 0.3 is 0 Å². The lowest BCUT2D eigenvalue weighted by Crippen LogP contribution is -2.13. The quantitative estimate of drug-likeness (QED) is 0.830. The molecule has 0 radical (unpaired) electrons. The van der Waals surface area contributed by atoms with E-state index in [-0.39, 0.29) is 16.2 Å². The van der Waals surface area contributed by atoms with E-state index >= 15 is 0 Å². The van der Waals surface area contributed by atoms with E-state index in [0.29, 0.717) is 10.7 Å². The van der Waals surface area contributed by atoms with Crippen LogP contribution in [-0.2, 0) is 0 Å². The van der Waals surface area contributed by atoms with E-state index < -0.39 is 11.6 Å². The summed E-state index contributed by atoms with van der Waals surface area (Å²) in [6.45, 7) is 1.87. The molecule has 0 aliphatic carbocycles. The monoisotopic (exact) mass is 312 g/mol. The molecule has 0 amide bonds. The van der Waals surface area contributed by atoms with Gasteiger partial charge in [0.25, 0.3) is 0 Å². The molecule has 2 aromatic carbocycles. The molecule has 0 fully saturated rings. The Balaban J connectivity index is 2.42. The fourth-order valence-electron chi connectivity index (χ4n) is 1.72. The lowest BCUT2D eigenvalue weighted by atomic mass is 10.1. The molecule has 0 saturated heterocycles. The summed E-state index contributed by atoms with van der Waals surface area (Å²) in [5.74, 6) is -2.13. The van der Waals surface area contributed by atoms with Crippen molar-refractivity contribution in [1.29, 1.82) is 0 Å². The predicted molar refractivity (Wildman–Crippen MR) is 81.7 cm³/mol. The maximum Gasteiger partial charge on any atom is 0.182 e. The third kappa shape index (κ3) is 2.89. The minimum absolute atomic E-state index is 0.0324. The molecule has 0 spiro atoms. The third-order valence-electron chi connectivity index (χ3n) is 2.74. The Labute approximate surface area is 125 Å². The van der Waals surface area contributed by atoms with Crippen molar-refractivity contribution in [2.75, 3.05) is 5.32 Å². The van der Waals surface area contributed by atoms with Crippen LogP contribution in [-0.4, -0.2) is 4.99 Å². The van der Waals surface area contributed by atoms with E-state index in [1.165, 1.54) is 12.1 Å². The number of hydrogen-bond donors (Lipinski definition) is 2. The molecule has 0 saturated carbocycles. The lowest BCUT2D eigenvalue weighted by Gasteiger charge is -2.12. The summed E-state index contributed by atoms with van der Waals surface area (Å²) in [4.78, 5) is -0.193. The molecule has 0 aliphatic rings. The van der Waals surface area contributed by atoms with Crippen LogP contribution in [0.2, 0.25) is 5.02 Å². The van der Waals surface area contributed by atoms with Crippen LogP contribution in [0, 0.1) is 18.6 Å². The topological polar surface area (TPSA) is 38.0 Å². The van der Waals surface area contributed by atoms with Crippen molar-refractivity contribution in [2.24, 2.45) is 5.73 Å². The van der Waals surface area contributed by atoms with E-state index in [2.05, 4.69) is 17.5 Å². The molecular formula is C14H11ClF2N2S. The van der Waals surface area contributed by atoms with Crippen molar-refractivity contribution in [2.45, 2.75) is 6.92 Å². The molecule has 20 heavy (non-hydrogen) atoms. The van der Waals surface area contributed by atoms with Crippen LogP contribution < -0.4 is 11.1 Å². The molecule has 2 rings (SSSR count). The van der Waals surface area contributed by atoms with Gasteiger partial charge in [0, 0.05) is 5.56 Å². The largest absolute Gasteiger partial charge is 0.389 e. The van der Waals surface area contributed by atoms with Crippen molar-refractivity contribution in [3.63, 3.8) is 0 Å². The molecule has 0 aliphatic heterocycles. The van der Waals surface area contributed by atoms with Crippen LogP contribution in [0.3, 0.4) is 0 Å². The molecule has 2 nitrogen and oxygen atoms in total. The average molecular weight is 313 g/mol. The van der Waals surface area contributed by atoms with Gasteiger partial charge in [-0.15, -0.1) is 0 Å². The Hall–Kier alpha value is -1.72. The number of nitrogens with two attached hydrogens (primary N) is 1. The van der Waals surface area contributed by atoms with Gasteiger partial charge < -0.3 is 11.1 Å². The van der Waals surface area contributed by atoms with Crippen molar-refractivity contribution in [1.82, 2.24) is 0 Å². The number of aryl methyl sites for hydroxylation is 1. The maximum atomic E-state index is 13.9. The van der Waals surface area contributed by atoms with E-state index in [9.17, 15) is 8.78 Å². The first-order valence-electron chi connectivity index (χ1n) is 5.71. The molecule has 0 bridgehead atoms. The normalized spacial score (nSPS) is 10.4. The highest BCUT2D eigenvalue weighted by Gasteiger charge is 2.15. The molecule has 6 heteroatoms. The smallest absolute Gasteiger partial charge is 0.182 e. The van der Waals surface area contributed by atoms with Gasteiger partial charge in [-0.05, 0) is 36.8 Å². The highest BCUT2D eigenvalue weighted by Crippen LogP contribution is 2.29. The summed E-state index contributed by atoms with van der Waals surface area (Å²) < 4.78 is 27.7. The summed E-state index contributed by atoms with van der Waals surface area (Å²) in [5.41, 5.74) is 6.59. The zero-order chi connectivity index (χ0) is 14.9. The standard InChI is InChI=1S/C14H11ClF2N2S/c1-7-2-4-9(15)11(6-7)19-10-5-3-8(14(18)20)12(16)13(10)17/h2-6,19H,1H3,(H2,18,20). The second-order valence-electron chi connectivity index (χ2n) is 4.26. The summed E-state index contributed by atoms with van der Waals surface area (Å²) in [7, 11) is 0. The molecule has 2 aromatic rings. The van der Waals surface area contributed by atoms with Gasteiger partial charge in [-0.2, -0.15) is 0 Å². The molecule has 0 unspecified atom stereocenters. The number of benzene rings is 2. The Kier molecular flexibility index (Phi) is 4.20. The van der Waals surface area contributed by atoms with E-state index in [1.54, 1.807) is 12.1 Å². The van der Waals surface area contributed by atoms with Crippen molar-refractivity contribution in [3.8, 4) is 0 Å². The zero-order valence-electron chi connectivity index (χ0n) is 10.5. The Morgan fingerprint density at radius 2 is 1.85 bits per heavy atom. The SMILES string of the molecule is Cc1ccc(Cl)c(Nc2ccc(C(N)=S)c(F)c2F)c1. The lowest BCUT2D eigenvalue weighted by molar-refractivity contribution is 0.510. The first-order valence-corrected chi connectivity index (χ1v) is 6.49. The maximum absolute atomic E-state index is 13.9. The summed E-state index contributed by atoms with van der Waals surface area (Å²) in [6.07, 6.45) is 0. The number of hydrogen-bond acceptors (Lipinski definition) is 2. The molecule has 0 heterocycles. The van der Waals surface area contributed by atoms with Crippen LogP contribution in [0.15, 0.2) is 30.3 Å². The Morgan fingerprint density at radius 1 is 1.15 bits per heavy atom. The zero-order valence-corrected chi connectivity index (χ0v) is 12.1. The second-order valence-corrected chi connectivity index (χ2v) is 5.11. The predicted octanol–water partition coefficient (Wildman–Crippen LogP) is 4.30. The second kappa shape index (κ2) is 5.73. The fraction of sp³-hybridized carbons (Fsp3) is 0.0714. The minimum atomic E-state index is -1.08. The van der Waals surface area contributed by atoms with Crippen molar-refractivity contribution < 1.29 is 8.78 Å². The number of anilines is 2. The minimum Gasteiger partial charge on any atom is -0.389 e. The summed E-state index contributed by atoms with van der Waals surface area (Å²) in [6, 6.07) is 7.93. The van der Waals surface area contributed by atoms with Crippen molar-refractivity contribution >= 4 is 40.2 Å². The number of halogens is 3. The van der Waals surface area contributed by atoms with Gasteiger partial charge in [-0.25, -0.2) is 8.78 Å². The van der Waals surface area contributed by atoms with Gasteiger partial charge in [-0.3, -0.25) is 0 Å². The van der Waals surface area contributed by atoms with Gasteiger partial charge in [0.15, 0.2) is 11.6 Å². The Morgan fingerprint density at radius 3 is 2.50 bits per heavy atom. The summed E-state index contributed by atoms with van der Waals surface area (Å²) >= 11 is 10.7. The number of rotatable bonds is 3. The first-order chi connectivity index (χ1) is 9.40. The number of thiocarbonyl (C=S) groups is 1. The van der Waals surface area contributed by atoms with E-state index in [0.717, 1.165) is 5.56 Å². The van der Waals surface area contributed by atoms with Crippen LogP contribution in [0.25, 0.3) is 0 Å². The number of nitrogens with one attached hydrogen (secondary N) is 1. The van der Waals surface area contributed by atoms with E-state index in [1.807, 2.05) is 13.0 Å². The Bertz CT molecular complexity index is 689. The first kappa shape index (κ1) is 14.7. The highest BCUT2D eigenvalue weighted by atomic mass is 35.5. The van der Waals surface area contributed by atoms with Crippen LogP contribution in [0.5, 0.6) is 0 Å². The van der Waals surface area contributed by atoms with Gasteiger partial charge in [0.2, 0.25) is 0 Å². The summed E-state index contributed by atoms with van der Waals surface area (Å²) in [5, 5.41) is 3.17. The highest BCUT2D eigenvalue weighted by molar-refractivity contribution is 7.80. The van der Waals surface area contributed by atoms with E-state index in [4.69, 9.17) is 17.3 Å². The van der Waals surface area contributed by atoms with Gasteiger partial charge in [0.05, 0.1) is 16.4 Å². The van der Waals surface area contributed by atoms with Gasteiger partial charge in [0.1, 0.15) is 4.99 Å². The van der Waals surface area contributed by atoms with Gasteiger partial charge in [-0.1, -0.05) is 29.9 Å². The third-order valence-corrected chi connectivity index (χ3v) is 3.29. The molecule has 3 N–H and O–H groups in total. The van der Waals surface area contributed by atoms with Crippen LogP contribution in [0.1, 0.15) is 11.1 Å². The van der Waals surface area contributed by atoms with Crippen molar-refractivity contribution in [3.05, 3.63) is 58.1 Å².